The Hall–Kier alpha value is -1.15. The van der Waals surface area contributed by atoms with Crippen LogP contribution in [0.15, 0.2) is 4.99 Å². The second kappa shape index (κ2) is 5.62. The van der Waals surface area contributed by atoms with Crippen molar-refractivity contribution in [2.24, 2.45) is 10.9 Å². The van der Waals surface area contributed by atoms with Crippen molar-refractivity contribution in [1.29, 1.82) is 0 Å². The summed E-state index contributed by atoms with van der Waals surface area (Å²) in [4.78, 5) is 23.5. The van der Waals surface area contributed by atoms with Gasteiger partial charge in [0.25, 0.3) is 0 Å². The molecule has 0 spiro atoms. The number of rotatable bonds is 4. The van der Waals surface area contributed by atoms with Crippen molar-refractivity contribution in [3.05, 3.63) is 0 Å². The Bertz CT molecular complexity index is 171. The highest BCUT2D eigenvalue weighted by Crippen LogP contribution is 1.94. The molecule has 0 heterocycles. The summed E-state index contributed by atoms with van der Waals surface area (Å²) in [6.45, 7) is 3.84. The van der Waals surface area contributed by atoms with Gasteiger partial charge in [-0.05, 0) is 0 Å². The number of isocyanates is 1. The van der Waals surface area contributed by atoms with E-state index in [4.69, 9.17) is 4.74 Å². The Morgan fingerprint density at radius 1 is 1.64 bits per heavy atom. The molecule has 4 heteroatoms. The number of hydrogen-bond donors (Lipinski definition) is 0. The average Bonchev–Trinajstić information content (AvgIpc) is 1.97. The van der Waals surface area contributed by atoms with Gasteiger partial charge in [-0.15, -0.1) is 0 Å². The molecule has 0 unspecified atom stereocenters. The molecule has 0 aromatic heterocycles. The molecule has 0 aliphatic carbocycles. The number of aliphatic imine (C=N–C) groups is 1. The fourth-order valence-corrected chi connectivity index (χ4v) is 0.404. The highest BCUT2D eigenvalue weighted by molar-refractivity contribution is 5.71. The Labute approximate surface area is 65.3 Å². The predicted octanol–water partition coefficient (Wildman–Crippen LogP) is 0.521. The summed E-state index contributed by atoms with van der Waals surface area (Å²) in [5, 5.41) is 0. The maximum Gasteiger partial charge on any atom is 0.308 e. The molecule has 0 aliphatic rings. The van der Waals surface area contributed by atoms with Crippen LogP contribution in [-0.2, 0) is 14.3 Å². The van der Waals surface area contributed by atoms with Crippen LogP contribution < -0.4 is 0 Å². The van der Waals surface area contributed by atoms with Gasteiger partial charge < -0.3 is 4.74 Å². The van der Waals surface area contributed by atoms with Gasteiger partial charge in [0.1, 0.15) is 6.61 Å². The van der Waals surface area contributed by atoms with Gasteiger partial charge in [-0.25, -0.2) is 9.79 Å². The van der Waals surface area contributed by atoms with Gasteiger partial charge in [0, 0.05) is 0 Å². The molecule has 0 bridgehead atoms. The summed E-state index contributed by atoms with van der Waals surface area (Å²) in [5.74, 6) is -0.402. The Kier molecular flexibility index (Phi) is 5.03. The first-order chi connectivity index (χ1) is 5.18. The molecule has 0 saturated heterocycles. The summed E-state index contributed by atoms with van der Waals surface area (Å²) in [6.07, 6.45) is 1.35. The second-order valence-electron chi connectivity index (χ2n) is 2.30. The van der Waals surface area contributed by atoms with Crippen LogP contribution in [0, 0.1) is 5.92 Å². The number of esters is 1. The molecule has 0 fully saturated rings. The summed E-state index contributed by atoms with van der Waals surface area (Å²) >= 11 is 0. The monoisotopic (exact) mass is 157 g/mol. The molecule has 0 aliphatic heterocycles. The van der Waals surface area contributed by atoms with Gasteiger partial charge in [-0.1, -0.05) is 13.8 Å². The first kappa shape index (κ1) is 9.85. The third kappa shape index (κ3) is 5.30. The van der Waals surface area contributed by atoms with Crippen LogP contribution in [0.3, 0.4) is 0 Å². The average molecular weight is 157 g/mol. The van der Waals surface area contributed by atoms with Gasteiger partial charge in [-0.3, -0.25) is 4.79 Å². The smallest absolute Gasteiger partial charge is 0.308 e. The standard InChI is InChI=1S/C7H11NO3/c1-6(2)7(10)11-4-3-8-5-9/h6H,3-4H2,1-2H3. The van der Waals surface area contributed by atoms with Crippen LogP contribution in [0.5, 0.6) is 0 Å². The first-order valence-electron chi connectivity index (χ1n) is 3.38. The maximum atomic E-state index is 10.7. The number of nitrogens with zero attached hydrogens (tertiary/aromatic N) is 1. The summed E-state index contributed by atoms with van der Waals surface area (Å²) in [7, 11) is 0. The number of hydrogen-bond acceptors (Lipinski definition) is 4. The number of ether oxygens (including phenoxy) is 1. The maximum absolute atomic E-state index is 10.7. The zero-order valence-electron chi connectivity index (χ0n) is 6.66. The number of carbonyl (C=O) groups is 1. The SMILES string of the molecule is CC(C)C(=O)OCCN=C=O. The number of carbonyl (C=O) groups excluding carboxylic acids is 2. The summed E-state index contributed by atoms with van der Waals surface area (Å²) < 4.78 is 4.69. The molecule has 0 aromatic rings. The second-order valence-corrected chi connectivity index (χ2v) is 2.30. The molecule has 0 saturated carbocycles. The minimum absolute atomic E-state index is 0.129. The lowest BCUT2D eigenvalue weighted by atomic mass is 10.2. The zero-order chi connectivity index (χ0) is 8.69. The molecule has 4 nitrogen and oxygen atoms in total. The molecule has 0 radical (unpaired) electrons. The van der Waals surface area contributed by atoms with Gasteiger partial charge in [-0.2, -0.15) is 0 Å². The largest absolute Gasteiger partial charge is 0.463 e. The molecule has 0 amide bonds. The third-order valence-electron chi connectivity index (χ3n) is 0.983. The minimum atomic E-state index is -0.272. The van der Waals surface area contributed by atoms with E-state index < -0.39 is 0 Å². The van der Waals surface area contributed by atoms with E-state index in [0.717, 1.165) is 0 Å². The van der Waals surface area contributed by atoms with E-state index >= 15 is 0 Å². The van der Waals surface area contributed by atoms with E-state index in [1.54, 1.807) is 13.8 Å². The zero-order valence-corrected chi connectivity index (χ0v) is 6.66. The van der Waals surface area contributed by atoms with Crippen LogP contribution in [0.2, 0.25) is 0 Å². The van der Waals surface area contributed by atoms with Gasteiger partial charge in [0.2, 0.25) is 6.08 Å². The first-order valence-corrected chi connectivity index (χ1v) is 3.38. The van der Waals surface area contributed by atoms with Crippen molar-refractivity contribution in [1.82, 2.24) is 0 Å². The molecule has 0 N–H and O–H groups in total. The normalized spacial score (nSPS) is 9.00. The third-order valence-corrected chi connectivity index (χ3v) is 0.983. The molecular weight excluding hydrogens is 146 g/mol. The van der Waals surface area contributed by atoms with Gasteiger partial charge in [0.15, 0.2) is 0 Å². The van der Waals surface area contributed by atoms with Crippen LogP contribution in [0.4, 0.5) is 0 Å². The molecular formula is C7H11NO3. The van der Waals surface area contributed by atoms with Crippen LogP contribution in [0.25, 0.3) is 0 Å². The Morgan fingerprint density at radius 3 is 2.73 bits per heavy atom. The highest BCUT2D eigenvalue weighted by Gasteiger charge is 2.06. The summed E-state index contributed by atoms with van der Waals surface area (Å²) in [6, 6.07) is 0. The van der Waals surface area contributed by atoms with E-state index in [-0.39, 0.29) is 25.0 Å². The van der Waals surface area contributed by atoms with E-state index in [9.17, 15) is 9.59 Å². The van der Waals surface area contributed by atoms with Crippen molar-refractivity contribution in [2.75, 3.05) is 13.2 Å². The van der Waals surface area contributed by atoms with Crippen LogP contribution in [-0.4, -0.2) is 25.2 Å². The van der Waals surface area contributed by atoms with Gasteiger partial charge in [0.05, 0.1) is 12.5 Å². The van der Waals surface area contributed by atoms with Crippen molar-refractivity contribution in [2.45, 2.75) is 13.8 Å². The van der Waals surface area contributed by atoms with Crippen molar-refractivity contribution in [3.63, 3.8) is 0 Å². The van der Waals surface area contributed by atoms with Crippen molar-refractivity contribution >= 4 is 12.0 Å². The molecule has 0 rings (SSSR count). The van der Waals surface area contributed by atoms with Crippen molar-refractivity contribution < 1.29 is 14.3 Å². The van der Waals surface area contributed by atoms with Crippen molar-refractivity contribution in [3.8, 4) is 0 Å². The van der Waals surface area contributed by atoms with E-state index in [2.05, 4.69) is 4.99 Å². The van der Waals surface area contributed by atoms with Gasteiger partial charge >= 0.3 is 5.97 Å². The molecule has 0 atom stereocenters. The van der Waals surface area contributed by atoms with E-state index in [0.29, 0.717) is 0 Å². The quantitative estimate of drug-likeness (QED) is 0.259. The molecule has 0 aromatic carbocycles. The van der Waals surface area contributed by atoms with Crippen LogP contribution >= 0.6 is 0 Å². The fraction of sp³-hybridized carbons (Fsp3) is 0.714. The predicted molar refractivity (Wildman–Crippen MR) is 38.8 cm³/mol. The lowest BCUT2D eigenvalue weighted by Crippen LogP contribution is -2.13. The Balaban J connectivity index is 3.39. The van der Waals surface area contributed by atoms with E-state index in [1.807, 2.05) is 0 Å². The lowest BCUT2D eigenvalue weighted by molar-refractivity contribution is -0.146. The molecule has 11 heavy (non-hydrogen) atoms. The minimum Gasteiger partial charge on any atom is -0.463 e. The topological polar surface area (TPSA) is 55.7 Å². The highest BCUT2D eigenvalue weighted by atomic mass is 16.5. The Morgan fingerprint density at radius 2 is 2.27 bits per heavy atom. The van der Waals surface area contributed by atoms with Crippen LogP contribution in [0.1, 0.15) is 13.8 Å². The molecule has 62 valence electrons. The fourth-order valence-electron chi connectivity index (χ4n) is 0.404. The lowest BCUT2D eigenvalue weighted by Gasteiger charge is -2.03. The summed E-state index contributed by atoms with van der Waals surface area (Å²) in [5.41, 5.74) is 0. The van der Waals surface area contributed by atoms with E-state index in [1.165, 1.54) is 6.08 Å².